The highest BCUT2D eigenvalue weighted by atomic mass is 35.5. The number of alkyl halides is 3. The van der Waals surface area contributed by atoms with Crippen molar-refractivity contribution in [2.24, 2.45) is 11.0 Å². The van der Waals surface area contributed by atoms with Crippen molar-refractivity contribution in [1.82, 2.24) is 5.43 Å². The van der Waals surface area contributed by atoms with Crippen molar-refractivity contribution in [1.29, 1.82) is 0 Å². The molecule has 2 aromatic rings. The van der Waals surface area contributed by atoms with Gasteiger partial charge in [0.2, 0.25) is 5.91 Å². The zero-order valence-corrected chi connectivity index (χ0v) is 14.1. The van der Waals surface area contributed by atoms with Crippen LogP contribution in [0.15, 0.2) is 53.6 Å². The van der Waals surface area contributed by atoms with Gasteiger partial charge in [0.25, 0.3) is 0 Å². The van der Waals surface area contributed by atoms with Gasteiger partial charge in [-0.15, -0.1) is 13.2 Å². The van der Waals surface area contributed by atoms with Gasteiger partial charge in [0.15, 0.2) is 0 Å². The summed E-state index contributed by atoms with van der Waals surface area (Å²) in [6.45, 7) is 0. The van der Waals surface area contributed by atoms with E-state index in [9.17, 15) is 18.0 Å². The van der Waals surface area contributed by atoms with Gasteiger partial charge in [0.1, 0.15) is 5.75 Å². The summed E-state index contributed by atoms with van der Waals surface area (Å²) in [6.07, 6.45) is -3.09. The number of halogens is 4. The molecule has 1 aliphatic rings. The standard InChI is InChI=1S/C18H14ClF3N2O2/c19-14-7-3-11(4-8-14)16(23-24-17(25)13-1-2-13)12-5-9-15(10-6-12)26-18(20,21)22/h3-10,13H,1-2H2,(H,24,25). The fourth-order valence-electron chi connectivity index (χ4n) is 2.27. The number of nitrogens with zero attached hydrogens (tertiary/aromatic N) is 1. The van der Waals surface area contributed by atoms with E-state index in [0.29, 0.717) is 21.9 Å². The highest BCUT2D eigenvalue weighted by Gasteiger charge is 2.31. The van der Waals surface area contributed by atoms with Gasteiger partial charge in [-0.05, 0) is 49.2 Å². The van der Waals surface area contributed by atoms with E-state index in [1.54, 1.807) is 24.3 Å². The maximum absolute atomic E-state index is 12.3. The highest BCUT2D eigenvalue weighted by molar-refractivity contribution is 6.30. The van der Waals surface area contributed by atoms with Gasteiger partial charge in [0, 0.05) is 22.1 Å². The Morgan fingerprint density at radius 3 is 2.08 bits per heavy atom. The zero-order valence-electron chi connectivity index (χ0n) is 13.4. The largest absolute Gasteiger partial charge is 0.573 e. The first-order chi connectivity index (χ1) is 12.3. The van der Waals surface area contributed by atoms with E-state index in [2.05, 4.69) is 15.3 Å². The normalized spacial score (nSPS) is 14.8. The van der Waals surface area contributed by atoms with Crippen molar-refractivity contribution in [2.75, 3.05) is 0 Å². The Morgan fingerprint density at radius 2 is 1.58 bits per heavy atom. The predicted octanol–water partition coefficient (Wildman–Crippen LogP) is 4.52. The monoisotopic (exact) mass is 382 g/mol. The van der Waals surface area contributed by atoms with Crippen molar-refractivity contribution in [3.63, 3.8) is 0 Å². The van der Waals surface area contributed by atoms with E-state index in [1.807, 2.05) is 0 Å². The van der Waals surface area contributed by atoms with E-state index in [1.165, 1.54) is 24.3 Å². The van der Waals surface area contributed by atoms with E-state index in [-0.39, 0.29) is 17.6 Å². The number of carbonyl (C=O) groups excluding carboxylic acids is 1. The number of ether oxygens (including phenoxy) is 1. The molecule has 1 aliphatic carbocycles. The van der Waals surface area contributed by atoms with Crippen LogP contribution in [-0.4, -0.2) is 18.0 Å². The first-order valence-corrected chi connectivity index (χ1v) is 8.19. The van der Waals surface area contributed by atoms with Gasteiger partial charge < -0.3 is 4.74 Å². The van der Waals surface area contributed by atoms with Crippen LogP contribution in [0.2, 0.25) is 5.02 Å². The maximum atomic E-state index is 12.3. The third-order valence-corrected chi connectivity index (χ3v) is 3.96. The second-order valence-electron chi connectivity index (χ2n) is 5.79. The van der Waals surface area contributed by atoms with Gasteiger partial charge >= 0.3 is 6.36 Å². The van der Waals surface area contributed by atoms with Gasteiger partial charge in [-0.2, -0.15) is 5.10 Å². The molecule has 136 valence electrons. The van der Waals surface area contributed by atoms with Crippen molar-refractivity contribution >= 4 is 23.2 Å². The predicted molar refractivity (Wildman–Crippen MR) is 91.1 cm³/mol. The molecule has 0 atom stereocenters. The van der Waals surface area contributed by atoms with E-state index >= 15 is 0 Å². The molecule has 2 aromatic carbocycles. The number of rotatable bonds is 5. The lowest BCUT2D eigenvalue weighted by molar-refractivity contribution is -0.274. The molecule has 1 saturated carbocycles. The first-order valence-electron chi connectivity index (χ1n) is 7.81. The van der Waals surface area contributed by atoms with Crippen LogP contribution in [0, 0.1) is 5.92 Å². The summed E-state index contributed by atoms with van der Waals surface area (Å²) in [4.78, 5) is 11.9. The second-order valence-corrected chi connectivity index (χ2v) is 6.23. The van der Waals surface area contributed by atoms with Crippen LogP contribution >= 0.6 is 11.6 Å². The quantitative estimate of drug-likeness (QED) is 0.610. The van der Waals surface area contributed by atoms with Crippen LogP contribution < -0.4 is 10.2 Å². The van der Waals surface area contributed by atoms with Gasteiger partial charge in [-0.25, -0.2) is 5.43 Å². The lowest BCUT2D eigenvalue weighted by Gasteiger charge is -2.11. The van der Waals surface area contributed by atoms with Crippen LogP contribution in [0.4, 0.5) is 13.2 Å². The van der Waals surface area contributed by atoms with Gasteiger partial charge in [0.05, 0.1) is 5.71 Å². The fourth-order valence-corrected chi connectivity index (χ4v) is 2.39. The van der Waals surface area contributed by atoms with Crippen molar-refractivity contribution in [2.45, 2.75) is 19.2 Å². The molecule has 0 aromatic heterocycles. The third kappa shape index (κ3) is 4.98. The summed E-state index contributed by atoms with van der Waals surface area (Å²) in [5.41, 5.74) is 4.11. The molecular formula is C18H14ClF3N2O2. The summed E-state index contributed by atoms with van der Waals surface area (Å²) >= 11 is 5.89. The number of hydrazone groups is 1. The minimum atomic E-state index is -4.76. The average molecular weight is 383 g/mol. The number of hydrogen-bond donors (Lipinski definition) is 1. The van der Waals surface area contributed by atoms with E-state index in [4.69, 9.17) is 11.6 Å². The number of hydrogen-bond acceptors (Lipinski definition) is 3. The molecule has 0 bridgehead atoms. The summed E-state index contributed by atoms with van der Waals surface area (Å²) < 4.78 is 40.7. The van der Waals surface area contributed by atoms with Gasteiger partial charge in [-0.3, -0.25) is 4.79 Å². The van der Waals surface area contributed by atoms with Crippen LogP contribution in [0.3, 0.4) is 0 Å². The summed E-state index contributed by atoms with van der Waals surface area (Å²) in [5, 5.41) is 4.70. The fraction of sp³-hybridized carbons (Fsp3) is 0.222. The molecule has 0 saturated heterocycles. The lowest BCUT2D eigenvalue weighted by Crippen LogP contribution is -2.22. The molecule has 1 amide bonds. The molecule has 3 rings (SSSR count). The molecule has 4 nitrogen and oxygen atoms in total. The molecule has 8 heteroatoms. The smallest absolute Gasteiger partial charge is 0.406 e. The Morgan fingerprint density at radius 1 is 1.04 bits per heavy atom. The van der Waals surface area contributed by atoms with E-state index < -0.39 is 6.36 Å². The third-order valence-electron chi connectivity index (χ3n) is 3.71. The molecule has 0 radical (unpaired) electrons. The van der Waals surface area contributed by atoms with Gasteiger partial charge in [-0.1, -0.05) is 23.7 Å². The Hall–Kier alpha value is -2.54. The lowest BCUT2D eigenvalue weighted by atomic mass is 10.0. The minimum absolute atomic E-state index is 0.0206. The molecule has 0 aliphatic heterocycles. The first kappa shape index (κ1) is 18.3. The topological polar surface area (TPSA) is 50.7 Å². The number of benzene rings is 2. The SMILES string of the molecule is O=C(NN=C(c1ccc(Cl)cc1)c1ccc(OC(F)(F)F)cc1)C1CC1. The Bertz CT molecular complexity index is 814. The van der Waals surface area contributed by atoms with Crippen LogP contribution in [-0.2, 0) is 4.79 Å². The number of carbonyl (C=O) groups is 1. The maximum Gasteiger partial charge on any atom is 0.573 e. The van der Waals surface area contributed by atoms with Crippen molar-refractivity contribution in [3.8, 4) is 5.75 Å². The zero-order chi connectivity index (χ0) is 18.7. The Kier molecular flexibility index (Phi) is 5.18. The molecule has 0 heterocycles. The Balaban J connectivity index is 1.88. The Labute approximate surface area is 152 Å². The van der Waals surface area contributed by atoms with Crippen molar-refractivity contribution < 1.29 is 22.7 Å². The molecule has 1 N–H and O–H groups in total. The number of nitrogens with one attached hydrogen (secondary N) is 1. The van der Waals surface area contributed by atoms with Crippen LogP contribution in [0.25, 0.3) is 0 Å². The highest BCUT2D eigenvalue weighted by Crippen LogP contribution is 2.29. The van der Waals surface area contributed by atoms with E-state index in [0.717, 1.165) is 12.8 Å². The molecular weight excluding hydrogens is 369 g/mol. The molecule has 0 unspecified atom stereocenters. The van der Waals surface area contributed by atoms with Crippen molar-refractivity contribution in [3.05, 3.63) is 64.7 Å². The average Bonchev–Trinajstić information content (AvgIpc) is 3.41. The summed E-state index contributed by atoms with van der Waals surface area (Å²) in [6, 6.07) is 12.0. The van der Waals surface area contributed by atoms with Crippen LogP contribution in [0.1, 0.15) is 24.0 Å². The summed E-state index contributed by atoms with van der Waals surface area (Å²) in [7, 11) is 0. The molecule has 1 fully saturated rings. The molecule has 26 heavy (non-hydrogen) atoms. The number of amides is 1. The summed E-state index contributed by atoms with van der Waals surface area (Å²) in [5.74, 6) is -0.528. The minimum Gasteiger partial charge on any atom is -0.406 e. The van der Waals surface area contributed by atoms with Crippen LogP contribution in [0.5, 0.6) is 5.75 Å². The second kappa shape index (κ2) is 7.37. The molecule has 0 spiro atoms.